The third-order valence-electron chi connectivity index (χ3n) is 12.9. The largest absolute Gasteiger partial charge is 0.465 e. The molecule has 0 radical (unpaired) electrons. The van der Waals surface area contributed by atoms with Gasteiger partial charge in [0.2, 0.25) is 41.4 Å². The number of ether oxygens (including phenoxy) is 1. The van der Waals surface area contributed by atoms with Crippen molar-refractivity contribution in [3.8, 4) is 0 Å². The van der Waals surface area contributed by atoms with E-state index in [1.165, 1.54) is 124 Å². The summed E-state index contributed by atoms with van der Waals surface area (Å²) >= 11 is 1.33. The standard InChI is InChI=1S/C56H101N7O11S/c1-11-12-13-14-15-16-17-18-19-20-21-22-23-29-49(66)58-33-30-51(68)62(9)40-52(69)61(8)39-48(65)37-46(28-24-25-31-57-50(67)42-75-35-34-74-56(73)44(4)5)55(72)63(10)41-53(70)60(7)38-47(64)36-45(6)54(71)59-32-26-27-43(2)3/h43-46H,11-42H2,1-10H3,(H,57,67)(H,58,66)(H,59,71)/t45-,46-/m1/s1. The van der Waals surface area contributed by atoms with Crippen LogP contribution >= 0.6 is 11.8 Å². The number of ketones is 2. The Balaban J connectivity index is 5.18. The fourth-order valence-corrected chi connectivity index (χ4v) is 8.73. The highest BCUT2D eigenvalue weighted by Gasteiger charge is 2.29. The van der Waals surface area contributed by atoms with Crippen molar-refractivity contribution in [2.24, 2.45) is 23.7 Å². The maximum Gasteiger partial charge on any atom is 0.308 e. The van der Waals surface area contributed by atoms with E-state index in [9.17, 15) is 47.9 Å². The average molecular weight is 1080 g/mol. The van der Waals surface area contributed by atoms with Gasteiger partial charge >= 0.3 is 5.97 Å². The van der Waals surface area contributed by atoms with Crippen molar-refractivity contribution in [1.29, 1.82) is 0 Å². The molecule has 0 saturated carbocycles. The Labute approximate surface area is 455 Å². The van der Waals surface area contributed by atoms with E-state index in [0.29, 0.717) is 44.0 Å². The number of carbonyl (C=O) groups is 10. The first kappa shape index (κ1) is 70.5. The van der Waals surface area contributed by atoms with Gasteiger partial charge in [0.1, 0.15) is 6.61 Å². The summed E-state index contributed by atoms with van der Waals surface area (Å²) in [6.45, 7) is 11.6. The summed E-state index contributed by atoms with van der Waals surface area (Å²) in [6.07, 6.45) is 19.0. The van der Waals surface area contributed by atoms with Crippen molar-refractivity contribution in [3.63, 3.8) is 0 Å². The Morgan fingerprint density at radius 1 is 0.493 bits per heavy atom. The van der Waals surface area contributed by atoms with E-state index in [2.05, 4.69) is 36.7 Å². The average Bonchev–Trinajstić information content (AvgIpc) is 3.35. The molecule has 2 atom stereocenters. The van der Waals surface area contributed by atoms with E-state index in [1.807, 2.05) is 0 Å². The van der Waals surface area contributed by atoms with Gasteiger partial charge in [-0.1, -0.05) is 125 Å². The van der Waals surface area contributed by atoms with Crippen molar-refractivity contribution in [3.05, 3.63) is 0 Å². The minimum absolute atomic E-state index is 0.0131. The Bertz CT molecular complexity index is 1710. The topological polar surface area (TPSA) is 229 Å². The molecule has 0 rings (SSSR count). The molecule has 432 valence electrons. The van der Waals surface area contributed by atoms with Gasteiger partial charge in [-0.2, -0.15) is 0 Å². The fraction of sp³-hybridized carbons (Fsp3) is 0.821. The number of Topliss-reactive ketones (excluding diaryl/α,β-unsaturated/α-hetero) is 2. The lowest BCUT2D eigenvalue weighted by Crippen LogP contribution is -2.44. The highest BCUT2D eigenvalue weighted by Crippen LogP contribution is 2.18. The summed E-state index contributed by atoms with van der Waals surface area (Å²) < 4.78 is 5.13. The van der Waals surface area contributed by atoms with E-state index >= 15 is 0 Å². The van der Waals surface area contributed by atoms with Crippen LogP contribution in [0.15, 0.2) is 0 Å². The second kappa shape index (κ2) is 43.5. The number of nitrogens with one attached hydrogen (secondary N) is 3. The smallest absolute Gasteiger partial charge is 0.308 e. The zero-order valence-electron chi connectivity index (χ0n) is 48.1. The van der Waals surface area contributed by atoms with Crippen LogP contribution in [-0.2, 0) is 52.7 Å². The summed E-state index contributed by atoms with van der Waals surface area (Å²) in [6, 6.07) is 0. The van der Waals surface area contributed by atoms with E-state index in [-0.39, 0.29) is 112 Å². The SMILES string of the molecule is CCCCCCCCCCCCCCCC(=O)NCCC(=O)N(C)CC(=O)N(C)CC(=O)C[C@@H](CCCCNC(=O)CSCCOC(=O)C(C)C)C(=O)N(C)CC(=O)N(C)CC(=O)C[C@@H](C)C(=O)NCCCC(C)C. The second-order valence-electron chi connectivity index (χ2n) is 21.2. The van der Waals surface area contributed by atoms with Crippen LogP contribution in [0.4, 0.5) is 0 Å². The van der Waals surface area contributed by atoms with Crippen LogP contribution < -0.4 is 16.0 Å². The van der Waals surface area contributed by atoms with Crippen LogP contribution in [0.2, 0.25) is 0 Å². The molecule has 18 nitrogen and oxygen atoms in total. The van der Waals surface area contributed by atoms with Crippen molar-refractivity contribution in [2.75, 3.05) is 92.1 Å². The van der Waals surface area contributed by atoms with Gasteiger partial charge in [-0.3, -0.25) is 47.9 Å². The molecule has 3 N–H and O–H groups in total. The van der Waals surface area contributed by atoms with Gasteiger partial charge in [0.15, 0.2) is 11.6 Å². The van der Waals surface area contributed by atoms with Crippen LogP contribution in [0.5, 0.6) is 0 Å². The molecule has 0 saturated heterocycles. The molecule has 0 heterocycles. The molecule has 19 heteroatoms. The molecule has 0 aliphatic rings. The number of esters is 1. The van der Waals surface area contributed by atoms with Crippen molar-refractivity contribution < 1.29 is 52.7 Å². The third kappa shape index (κ3) is 37.8. The van der Waals surface area contributed by atoms with Crippen molar-refractivity contribution in [2.45, 2.75) is 183 Å². The van der Waals surface area contributed by atoms with Crippen LogP contribution in [0.3, 0.4) is 0 Å². The minimum atomic E-state index is -0.866. The lowest BCUT2D eigenvalue weighted by Gasteiger charge is -2.26. The molecular formula is C56H101N7O11S. The molecule has 0 fully saturated rings. The van der Waals surface area contributed by atoms with Crippen molar-refractivity contribution >= 4 is 70.6 Å². The maximum absolute atomic E-state index is 13.9. The van der Waals surface area contributed by atoms with E-state index < -0.39 is 35.3 Å². The van der Waals surface area contributed by atoms with Crippen LogP contribution in [0.25, 0.3) is 0 Å². The van der Waals surface area contributed by atoms with Gasteiger partial charge < -0.3 is 40.3 Å². The molecule has 0 unspecified atom stereocenters. The Hall–Kier alpha value is -4.55. The quantitative estimate of drug-likeness (QED) is 0.0425. The summed E-state index contributed by atoms with van der Waals surface area (Å²) in [5.41, 5.74) is 0. The number of hydrogen-bond acceptors (Lipinski definition) is 12. The summed E-state index contributed by atoms with van der Waals surface area (Å²) in [5.74, 6) is -3.87. The summed E-state index contributed by atoms with van der Waals surface area (Å²) in [7, 11) is 5.81. The number of likely N-dealkylation sites (N-methyl/N-ethyl adjacent to an activating group) is 4. The molecule has 0 aromatic heterocycles. The minimum Gasteiger partial charge on any atom is -0.465 e. The number of nitrogens with zero attached hydrogens (tertiary/aromatic N) is 4. The van der Waals surface area contributed by atoms with Gasteiger partial charge in [0.05, 0.1) is 37.8 Å². The zero-order chi connectivity index (χ0) is 56.6. The van der Waals surface area contributed by atoms with Gasteiger partial charge in [-0.15, -0.1) is 11.8 Å². The highest BCUT2D eigenvalue weighted by molar-refractivity contribution is 7.99. The van der Waals surface area contributed by atoms with Crippen LogP contribution in [-0.4, -0.2) is 171 Å². The number of rotatable bonds is 46. The molecule has 0 aromatic rings. The number of unbranched alkanes of at least 4 members (excludes halogenated alkanes) is 13. The van der Waals surface area contributed by atoms with Gasteiger partial charge in [0.25, 0.3) is 0 Å². The predicted molar refractivity (Wildman–Crippen MR) is 297 cm³/mol. The van der Waals surface area contributed by atoms with Gasteiger partial charge in [0, 0.05) is 91.1 Å². The highest BCUT2D eigenvalue weighted by atomic mass is 32.2. The first-order valence-corrected chi connectivity index (χ1v) is 29.3. The normalized spacial score (nSPS) is 11.9. The zero-order valence-corrected chi connectivity index (χ0v) is 48.9. The number of thioether (sulfide) groups is 1. The fourth-order valence-electron chi connectivity index (χ4n) is 8.10. The van der Waals surface area contributed by atoms with Gasteiger partial charge in [-0.25, -0.2) is 0 Å². The summed E-state index contributed by atoms with van der Waals surface area (Å²) in [5, 5.41) is 8.49. The predicted octanol–water partition coefficient (Wildman–Crippen LogP) is 6.75. The molecule has 0 aliphatic carbocycles. The Morgan fingerprint density at radius 3 is 1.56 bits per heavy atom. The number of amides is 7. The maximum atomic E-state index is 13.9. The van der Waals surface area contributed by atoms with E-state index in [1.54, 1.807) is 20.8 Å². The molecule has 0 spiro atoms. The molecule has 0 aliphatic heterocycles. The molecular weight excluding hydrogens is 979 g/mol. The molecule has 0 bridgehead atoms. The lowest BCUT2D eigenvalue weighted by atomic mass is 9.94. The molecule has 0 aromatic carbocycles. The lowest BCUT2D eigenvalue weighted by molar-refractivity contribution is -0.146. The monoisotopic (exact) mass is 1080 g/mol. The summed E-state index contributed by atoms with van der Waals surface area (Å²) in [4.78, 5) is 133. The second-order valence-corrected chi connectivity index (χ2v) is 22.3. The van der Waals surface area contributed by atoms with E-state index in [4.69, 9.17) is 4.74 Å². The van der Waals surface area contributed by atoms with E-state index in [0.717, 1.165) is 32.1 Å². The first-order valence-electron chi connectivity index (χ1n) is 28.1. The van der Waals surface area contributed by atoms with Crippen LogP contribution in [0, 0.1) is 23.7 Å². The molecule has 7 amide bonds. The third-order valence-corrected chi connectivity index (χ3v) is 13.9. The Kier molecular flexibility index (Phi) is 40.9. The molecule has 75 heavy (non-hydrogen) atoms. The Morgan fingerprint density at radius 2 is 1.00 bits per heavy atom. The van der Waals surface area contributed by atoms with Crippen LogP contribution in [0.1, 0.15) is 183 Å². The van der Waals surface area contributed by atoms with Crippen molar-refractivity contribution in [1.82, 2.24) is 35.6 Å². The van der Waals surface area contributed by atoms with Gasteiger partial charge in [-0.05, 0) is 38.0 Å². The number of carbonyl (C=O) groups excluding carboxylic acids is 10. The number of hydrogen-bond donors (Lipinski definition) is 3. The first-order chi connectivity index (χ1) is 35.6.